The monoisotopic (exact) mass is 627 g/mol. The molecular weight excluding hydrogens is 590 g/mol. The largest absolute Gasteiger partial charge is 0.381 e. The number of carbonyl (C=O) groups is 1. The molecule has 1 aliphatic heterocycles. The lowest BCUT2D eigenvalue weighted by Crippen LogP contribution is -2.37. The Morgan fingerprint density at radius 2 is 1.89 bits per heavy atom. The maximum Gasteiger partial charge on any atom is 0.264 e. The number of hydrogen-bond acceptors (Lipinski definition) is 7. The van der Waals surface area contributed by atoms with Gasteiger partial charge in [0.25, 0.3) is 11.5 Å². The number of fused-ring (bicyclic) bond motifs is 1. The third-order valence-electron chi connectivity index (χ3n) is 7.93. The molecule has 0 radical (unpaired) electrons. The van der Waals surface area contributed by atoms with Crippen molar-refractivity contribution in [2.24, 2.45) is 13.0 Å². The molecule has 0 saturated carbocycles. The number of carbonyl (C=O) groups excluding carboxylic acids is 1. The van der Waals surface area contributed by atoms with Crippen LogP contribution in [0.5, 0.6) is 0 Å². The van der Waals surface area contributed by atoms with E-state index in [4.69, 9.17) is 5.73 Å². The van der Waals surface area contributed by atoms with E-state index in [1.807, 2.05) is 61.5 Å². The van der Waals surface area contributed by atoms with Gasteiger partial charge in [-0.1, -0.05) is 48.2 Å². The average Bonchev–Trinajstić information content (AvgIpc) is 3.30. The summed E-state index contributed by atoms with van der Waals surface area (Å²) < 4.78 is 28.4. The number of nitrogens with two attached hydrogens (primary N) is 1. The van der Waals surface area contributed by atoms with E-state index < -0.39 is 22.0 Å². The number of aryl methyl sites for hydroxylation is 1. The Hall–Kier alpha value is -4.86. The zero-order chi connectivity index (χ0) is 32.3. The lowest BCUT2D eigenvalue weighted by Gasteiger charge is -2.27. The Morgan fingerprint density at radius 3 is 2.56 bits per heavy atom. The van der Waals surface area contributed by atoms with Gasteiger partial charge in [0.05, 0.1) is 17.7 Å². The van der Waals surface area contributed by atoms with Crippen molar-refractivity contribution >= 4 is 38.3 Å². The molecule has 5 rings (SSSR count). The Balaban J connectivity index is 1.54. The second-order valence-electron chi connectivity index (χ2n) is 11.1. The van der Waals surface area contributed by atoms with Crippen LogP contribution in [0.15, 0.2) is 72.0 Å². The van der Waals surface area contributed by atoms with Crippen molar-refractivity contribution in [3.63, 3.8) is 0 Å². The highest BCUT2D eigenvalue weighted by molar-refractivity contribution is 7.88. The van der Waals surface area contributed by atoms with Crippen molar-refractivity contribution in [2.75, 3.05) is 36.9 Å². The highest BCUT2D eigenvalue weighted by Crippen LogP contribution is 2.26. The summed E-state index contributed by atoms with van der Waals surface area (Å²) in [5.41, 5.74) is 7.88. The highest BCUT2D eigenvalue weighted by atomic mass is 32.2. The first-order valence-electron chi connectivity index (χ1n) is 14.7. The molecule has 0 aliphatic carbocycles. The summed E-state index contributed by atoms with van der Waals surface area (Å²) in [6.45, 7) is 6.80. The first-order chi connectivity index (χ1) is 21.5. The number of amides is 1. The molecule has 234 valence electrons. The number of nitrogen functional groups attached to an aromatic ring is 1. The SMILES string of the molecule is C=CCNc1c(C(=O)NC(C)c2cc3cccc(C#CC4CCN(S(C)(=O)=O)CC4)c3c(=O)n2-c2ccccc2)c(N)nn1C. The van der Waals surface area contributed by atoms with Crippen molar-refractivity contribution in [1.82, 2.24) is 24.0 Å². The summed E-state index contributed by atoms with van der Waals surface area (Å²) in [5.74, 6) is 6.64. The van der Waals surface area contributed by atoms with Gasteiger partial charge in [-0.3, -0.25) is 18.8 Å². The maximum absolute atomic E-state index is 14.3. The number of nitrogens with one attached hydrogen (secondary N) is 2. The number of nitrogens with zero attached hydrogens (tertiary/aromatic N) is 4. The van der Waals surface area contributed by atoms with Crippen LogP contribution in [0, 0.1) is 17.8 Å². The predicted octanol–water partition coefficient (Wildman–Crippen LogP) is 3.42. The van der Waals surface area contributed by atoms with E-state index in [1.165, 1.54) is 15.2 Å². The van der Waals surface area contributed by atoms with Gasteiger partial charge in [-0.05, 0) is 49.4 Å². The second kappa shape index (κ2) is 13.0. The van der Waals surface area contributed by atoms with E-state index in [9.17, 15) is 18.0 Å². The molecule has 2 aromatic carbocycles. The smallest absolute Gasteiger partial charge is 0.264 e. The van der Waals surface area contributed by atoms with Crippen LogP contribution in [0.2, 0.25) is 0 Å². The number of hydrogen-bond donors (Lipinski definition) is 3. The fourth-order valence-electron chi connectivity index (χ4n) is 5.64. The highest BCUT2D eigenvalue weighted by Gasteiger charge is 2.26. The number of benzene rings is 2. The molecule has 4 aromatic rings. The van der Waals surface area contributed by atoms with Crippen LogP contribution >= 0.6 is 0 Å². The minimum atomic E-state index is -3.23. The Kier molecular flexibility index (Phi) is 9.13. The van der Waals surface area contributed by atoms with Gasteiger partial charge in [-0.2, -0.15) is 5.10 Å². The number of para-hydroxylation sites is 1. The molecule has 3 heterocycles. The summed E-state index contributed by atoms with van der Waals surface area (Å²) in [4.78, 5) is 27.9. The molecular formula is C33H37N7O4S. The first kappa shape index (κ1) is 31.6. The molecule has 1 aliphatic rings. The topological polar surface area (TPSA) is 144 Å². The van der Waals surface area contributed by atoms with Crippen molar-refractivity contribution in [3.05, 3.63) is 94.4 Å². The Labute approximate surface area is 262 Å². The number of aromatic nitrogens is 3. The Bertz CT molecular complexity index is 1980. The van der Waals surface area contributed by atoms with Crippen molar-refractivity contribution in [3.8, 4) is 17.5 Å². The van der Waals surface area contributed by atoms with Gasteiger partial charge in [0.15, 0.2) is 5.82 Å². The van der Waals surface area contributed by atoms with Gasteiger partial charge < -0.3 is 16.4 Å². The molecule has 1 amide bonds. The van der Waals surface area contributed by atoms with E-state index in [2.05, 4.69) is 34.2 Å². The van der Waals surface area contributed by atoms with E-state index in [0.29, 0.717) is 66.0 Å². The van der Waals surface area contributed by atoms with Crippen LogP contribution in [-0.4, -0.2) is 58.9 Å². The van der Waals surface area contributed by atoms with E-state index >= 15 is 0 Å². The predicted molar refractivity (Wildman–Crippen MR) is 178 cm³/mol. The van der Waals surface area contributed by atoms with Gasteiger partial charge in [0.1, 0.15) is 11.4 Å². The molecule has 1 fully saturated rings. The average molecular weight is 628 g/mol. The molecule has 11 nitrogen and oxygen atoms in total. The summed E-state index contributed by atoms with van der Waals surface area (Å²) in [6, 6.07) is 16.1. The van der Waals surface area contributed by atoms with Gasteiger partial charge in [0.2, 0.25) is 10.0 Å². The third kappa shape index (κ3) is 6.64. The van der Waals surface area contributed by atoms with Gasteiger partial charge in [-0.15, -0.1) is 6.58 Å². The van der Waals surface area contributed by atoms with E-state index in [1.54, 1.807) is 17.7 Å². The van der Waals surface area contributed by atoms with Gasteiger partial charge in [-0.25, -0.2) is 12.7 Å². The van der Waals surface area contributed by atoms with Crippen LogP contribution < -0.4 is 21.9 Å². The van der Waals surface area contributed by atoms with Gasteiger partial charge in [0, 0.05) is 49.5 Å². The molecule has 12 heteroatoms. The van der Waals surface area contributed by atoms with Crippen LogP contribution in [-0.2, 0) is 17.1 Å². The molecule has 1 saturated heterocycles. The van der Waals surface area contributed by atoms with Crippen LogP contribution in [0.1, 0.15) is 47.4 Å². The Morgan fingerprint density at radius 1 is 1.18 bits per heavy atom. The molecule has 45 heavy (non-hydrogen) atoms. The number of anilines is 2. The maximum atomic E-state index is 14.3. The lowest BCUT2D eigenvalue weighted by molar-refractivity contribution is 0.0940. The molecule has 4 N–H and O–H groups in total. The quantitative estimate of drug-likeness (QED) is 0.201. The van der Waals surface area contributed by atoms with Crippen molar-refractivity contribution in [2.45, 2.75) is 25.8 Å². The van der Waals surface area contributed by atoms with E-state index in [-0.39, 0.29) is 22.9 Å². The van der Waals surface area contributed by atoms with Crippen LogP contribution in [0.4, 0.5) is 11.6 Å². The lowest BCUT2D eigenvalue weighted by atomic mass is 9.97. The number of sulfonamides is 1. The van der Waals surface area contributed by atoms with Crippen molar-refractivity contribution in [1.29, 1.82) is 0 Å². The minimum absolute atomic E-state index is 0.0230. The normalized spacial score (nSPS) is 14.8. The zero-order valence-electron chi connectivity index (χ0n) is 25.6. The third-order valence-corrected chi connectivity index (χ3v) is 9.23. The van der Waals surface area contributed by atoms with Crippen molar-refractivity contribution < 1.29 is 13.2 Å². The van der Waals surface area contributed by atoms with Crippen LogP contribution in [0.3, 0.4) is 0 Å². The standard InChI is InChI=1S/C33H37N7O4S/c1-5-18-35-31-29(30(34)37-38(31)3)32(41)36-22(2)27-21-25-11-9-10-24(15-14-23-16-19-39(20-17-23)45(4,43)44)28(25)33(42)40(27)26-12-7-6-8-13-26/h5-13,21-23,35H,1,16-20H2,2-4H3,(H2,34,37)(H,36,41). The zero-order valence-corrected chi connectivity index (χ0v) is 26.4. The molecule has 1 unspecified atom stereocenters. The number of piperidine rings is 1. The number of rotatable bonds is 8. The molecule has 1 atom stereocenters. The van der Waals surface area contributed by atoms with Gasteiger partial charge >= 0.3 is 0 Å². The first-order valence-corrected chi connectivity index (χ1v) is 16.5. The van der Waals surface area contributed by atoms with E-state index in [0.717, 1.165) is 0 Å². The molecule has 0 spiro atoms. The molecule has 2 aromatic heterocycles. The fraction of sp³-hybridized carbons (Fsp3) is 0.303. The number of pyridine rings is 1. The summed E-state index contributed by atoms with van der Waals surface area (Å²) in [6.07, 6.45) is 4.15. The van der Waals surface area contributed by atoms with Crippen LogP contribution in [0.25, 0.3) is 16.5 Å². The summed E-state index contributed by atoms with van der Waals surface area (Å²) in [7, 11) is -1.53. The summed E-state index contributed by atoms with van der Waals surface area (Å²) in [5, 5.41) is 11.5. The fourth-order valence-corrected chi connectivity index (χ4v) is 6.52. The molecule has 0 bridgehead atoms. The summed E-state index contributed by atoms with van der Waals surface area (Å²) >= 11 is 0. The second-order valence-corrected chi connectivity index (χ2v) is 13.1. The minimum Gasteiger partial charge on any atom is -0.381 e.